The van der Waals surface area contributed by atoms with Gasteiger partial charge in [0.2, 0.25) is 0 Å². The van der Waals surface area contributed by atoms with Crippen molar-refractivity contribution >= 4 is 57.2 Å². The maximum atomic E-state index is 8.74. The molecule has 14 heavy (non-hydrogen) atoms. The van der Waals surface area contributed by atoms with E-state index >= 15 is 0 Å². The number of halogens is 1. The predicted octanol–water partition coefficient (Wildman–Crippen LogP) is 0.621. The second kappa shape index (κ2) is 7.47. The van der Waals surface area contributed by atoms with Crippen LogP contribution in [0.25, 0.3) is 0 Å². The molecule has 0 saturated carbocycles. The van der Waals surface area contributed by atoms with E-state index in [2.05, 4.69) is 0 Å². The Balaban J connectivity index is 0. The van der Waals surface area contributed by atoms with Crippen molar-refractivity contribution in [1.82, 2.24) is 0 Å². The van der Waals surface area contributed by atoms with Gasteiger partial charge >= 0.3 is 40.0 Å². The van der Waals surface area contributed by atoms with Crippen molar-refractivity contribution in [1.29, 1.82) is 0 Å². The van der Waals surface area contributed by atoms with Crippen LogP contribution in [-0.4, -0.2) is 47.1 Å². The van der Waals surface area contributed by atoms with E-state index < -0.39 is 10.4 Å². The SMILES string of the molecule is Nc1ccccc1Cl.O=S(=O)(O)O.[NaH]. The van der Waals surface area contributed by atoms with Gasteiger partial charge in [-0.2, -0.15) is 8.42 Å². The summed E-state index contributed by atoms with van der Waals surface area (Å²) >= 11 is 5.58. The standard InChI is InChI=1S/C6H6ClN.Na.H2O4S.H/c7-5-3-1-2-4-6(5)8;;1-5(2,3)4;/h1-4H,8H2;;(H2,1,2,3,4);. The monoisotopic (exact) mass is 249 g/mol. The molecule has 0 amide bonds. The van der Waals surface area contributed by atoms with Gasteiger partial charge < -0.3 is 5.73 Å². The molecule has 0 unspecified atom stereocenters. The van der Waals surface area contributed by atoms with Gasteiger partial charge in [-0.05, 0) is 12.1 Å². The molecule has 0 atom stereocenters. The fraction of sp³-hybridized carbons (Fsp3) is 0. The second-order valence-electron chi connectivity index (χ2n) is 1.97. The molecule has 4 N–H and O–H groups in total. The van der Waals surface area contributed by atoms with E-state index in [-0.39, 0.29) is 29.6 Å². The molecule has 76 valence electrons. The number of benzene rings is 1. The van der Waals surface area contributed by atoms with Gasteiger partial charge in [-0.3, -0.25) is 9.11 Å². The Hall–Kier alpha value is 0.180. The summed E-state index contributed by atoms with van der Waals surface area (Å²) in [6, 6.07) is 7.22. The normalized spacial score (nSPS) is 9.36. The molecule has 0 radical (unpaired) electrons. The molecule has 0 aliphatic rings. The summed E-state index contributed by atoms with van der Waals surface area (Å²) in [7, 11) is -4.67. The van der Waals surface area contributed by atoms with Crippen LogP contribution >= 0.6 is 11.6 Å². The Morgan fingerprint density at radius 2 is 1.57 bits per heavy atom. The number of nitrogens with two attached hydrogens (primary N) is 1. The summed E-state index contributed by atoms with van der Waals surface area (Å²) < 4.78 is 31.6. The molecular formula is C6H9ClNNaO4S. The van der Waals surface area contributed by atoms with Crippen molar-refractivity contribution in [3.05, 3.63) is 29.3 Å². The van der Waals surface area contributed by atoms with Gasteiger partial charge in [0.25, 0.3) is 0 Å². The van der Waals surface area contributed by atoms with Crippen LogP contribution in [0.2, 0.25) is 5.02 Å². The molecule has 1 aromatic rings. The van der Waals surface area contributed by atoms with Crippen molar-refractivity contribution in [3.8, 4) is 0 Å². The van der Waals surface area contributed by atoms with Gasteiger partial charge in [-0.25, -0.2) is 0 Å². The first-order valence-corrected chi connectivity index (χ1v) is 4.78. The van der Waals surface area contributed by atoms with Crippen molar-refractivity contribution in [3.63, 3.8) is 0 Å². The summed E-state index contributed by atoms with van der Waals surface area (Å²) in [5, 5.41) is 0.618. The van der Waals surface area contributed by atoms with Crippen molar-refractivity contribution < 1.29 is 17.5 Å². The van der Waals surface area contributed by atoms with Crippen LogP contribution in [0.4, 0.5) is 5.69 Å². The predicted molar refractivity (Wildman–Crippen MR) is 57.2 cm³/mol. The number of rotatable bonds is 0. The van der Waals surface area contributed by atoms with E-state index in [1.807, 2.05) is 12.1 Å². The third-order valence-corrected chi connectivity index (χ3v) is 1.25. The summed E-state index contributed by atoms with van der Waals surface area (Å²) in [4.78, 5) is 0. The second-order valence-corrected chi connectivity index (χ2v) is 3.27. The van der Waals surface area contributed by atoms with Crippen LogP contribution in [0.1, 0.15) is 0 Å². The van der Waals surface area contributed by atoms with E-state index in [0.717, 1.165) is 0 Å². The van der Waals surface area contributed by atoms with Crippen LogP contribution in [-0.2, 0) is 10.4 Å². The van der Waals surface area contributed by atoms with Crippen LogP contribution in [0.15, 0.2) is 24.3 Å². The zero-order valence-electron chi connectivity index (χ0n) is 6.38. The fourth-order valence-electron chi connectivity index (χ4n) is 0.475. The average molecular weight is 250 g/mol. The van der Waals surface area contributed by atoms with Crippen LogP contribution < -0.4 is 5.73 Å². The van der Waals surface area contributed by atoms with E-state index in [1.165, 1.54) is 0 Å². The average Bonchev–Trinajstić information content (AvgIpc) is 1.92. The van der Waals surface area contributed by atoms with Crippen LogP contribution in [0.3, 0.4) is 0 Å². The number of nitrogen functional groups attached to an aromatic ring is 1. The first kappa shape index (κ1) is 16.6. The van der Waals surface area contributed by atoms with Crippen LogP contribution in [0, 0.1) is 0 Å². The van der Waals surface area contributed by atoms with Gasteiger partial charge in [0, 0.05) is 0 Å². The van der Waals surface area contributed by atoms with Gasteiger partial charge in [0.15, 0.2) is 0 Å². The van der Waals surface area contributed by atoms with E-state index in [0.29, 0.717) is 10.7 Å². The zero-order chi connectivity index (χ0) is 10.5. The number of hydrogen-bond donors (Lipinski definition) is 3. The minimum atomic E-state index is -4.67. The maximum absolute atomic E-state index is 8.74. The molecule has 1 aromatic carbocycles. The van der Waals surface area contributed by atoms with Crippen molar-refractivity contribution in [2.24, 2.45) is 0 Å². The molecule has 0 heterocycles. The molecule has 0 aliphatic heterocycles. The Morgan fingerprint density at radius 3 is 1.79 bits per heavy atom. The first-order chi connectivity index (χ1) is 5.80. The summed E-state index contributed by atoms with van der Waals surface area (Å²) in [6.07, 6.45) is 0. The van der Waals surface area contributed by atoms with Crippen molar-refractivity contribution in [2.45, 2.75) is 0 Å². The van der Waals surface area contributed by atoms with Crippen molar-refractivity contribution in [2.75, 3.05) is 5.73 Å². The molecule has 0 aliphatic carbocycles. The Morgan fingerprint density at radius 1 is 1.21 bits per heavy atom. The topological polar surface area (TPSA) is 101 Å². The molecule has 0 spiro atoms. The Bertz CT molecular complexity index is 341. The summed E-state index contributed by atoms with van der Waals surface area (Å²) in [5.74, 6) is 0. The molecule has 5 nitrogen and oxygen atoms in total. The molecule has 1 rings (SSSR count). The molecule has 0 saturated heterocycles. The zero-order valence-corrected chi connectivity index (χ0v) is 7.96. The molecule has 0 fully saturated rings. The van der Waals surface area contributed by atoms with Gasteiger partial charge in [0.1, 0.15) is 0 Å². The Labute approximate surface area is 109 Å². The molecule has 8 heteroatoms. The van der Waals surface area contributed by atoms with E-state index in [1.54, 1.807) is 12.1 Å². The van der Waals surface area contributed by atoms with Gasteiger partial charge in [0.05, 0.1) is 10.7 Å². The van der Waals surface area contributed by atoms with E-state index in [4.69, 9.17) is 34.9 Å². The van der Waals surface area contributed by atoms with E-state index in [9.17, 15) is 0 Å². The molecule has 0 aromatic heterocycles. The third kappa shape index (κ3) is 12.2. The molecular weight excluding hydrogens is 241 g/mol. The number of anilines is 1. The quantitative estimate of drug-likeness (QED) is 0.356. The third-order valence-electron chi connectivity index (χ3n) is 0.905. The summed E-state index contributed by atoms with van der Waals surface area (Å²) in [6.45, 7) is 0. The Kier molecular flexibility index (Phi) is 8.86. The summed E-state index contributed by atoms with van der Waals surface area (Å²) in [5.41, 5.74) is 6.02. The first-order valence-electron chi connectivity index (χ1n) is 3.00. The van der Waals surface area contributed by atoms with Gasteiger partial charge in [-0.15, -0.1) is 0 Å². The molecule has 0 bridgehead atoms. The fourth-order valence-corrected chi connectivity index (χ4v) is 0.611. The number of para-hydroxylation sites is 1. The van der Waals surface area contributed by atoms with Crippen LogP contribution in [0.5, 0.6) is 0 Å². The minimum absolute atomic E-state index is 0. The van der Waals surface area contributed by atoms with Gasteiger partial charge in [-0.1, -0.05) is 23.7 Å². The number of hydrogen-bond acceptors (Lipinski definition) is 3.